The molecule has 0 aromatic heterocycles. The second-order valence-corrected chi connectivity index (χ2v) is 12.6. The van der Waals surface area contributed by atoms with Crippen molar-refractivity contribution in [2.24, 2.45) is 0 Å². The molecule has 1 aliphatic heterocycles. The van der Waals surface area contributed by atoms with E-state index in [1.807, 2.05) is 0 Å². The van der Waals surface area contributed by atoms with Gasteiger partial charge in [-0.3, -0.25) is 5.32 Å². The van der Waals surface area contributed by atoms with Crippen LogP contribution in [0.1, 0.15) is 28.9 Å². The van der Waals surface area contributed by atoms with E-state index in [2.05, 4.69) is 193 Å². The fourth-order valence-electron chi connectivity index (χ4n) is 7.33. The molecule has 0 saturated carbocycles. The second kappa shape index (κ2) is 12.0. The number of hydrogen-bond donors (Lipinski definition) is 2. The minimum absolute atomic E-state index is 0.0181. The van der Waals surface area contributed by atoms with Crippen molar-refractivity contribution in [2.45, 2.75) is 12.2 Å². The van der Waals surface area contributed by atoms with Crippen molar-refractivity contribution in [2.75, 3.05) is 0 Å². The molecular weight excluding hydrogens is 581 g/mol. The molecule has 2 N–H and O–H groups in total. The van der Waals surface area contributed by atoms with Gasteiger partial charge in [-0.15, -0.1) is 0 Å². The smallest absolute Gasteiger partial charge is 0.105 e. The molecule has 0 bridgehead atoms. The minimum atomic E-state index is -0.0726. The third-order valence-electron chi connectivity index (χ3n) is 9.78. The number of fused-ring (bicyclic) bond motifs is 3. The Morgan fingerprint density at radius 3 is 1.44 bits per heavy atom. The molecule has 8 aromatic rings. The lowest BCUT2D eigenvalue weighted by molar-refractivity contribution is 0.445. The quantitative estimate of drug-likeness (QED) is 0.202. The molecule has 0 fully saturated rings. The molecule has 1 heterocycles. The topological polar surface area (TPSA) is 24.1 Å². The lowest BCUT2D eigenvalue weighted by Crippen LogP contribution is -2.39. The number of rotatable bonds is 5. The SMILES string of the molecule is C1=C(c2ccc(-c3cccc4ccccc34)cc2)NC(c2cccc3ccccc23)NC1c1ccc(-c2cccc3ccccc23)cc1. The summed E-state index contributed by atoms with van der Waals surface area (Å²) < 4.78 is 0. The molecule has 2 unspecified atom stereocenters. The third-order valence-corrected chi connectivity index (χ3v) is 9.78. The van der Waals surface area contributed by atoms with Gasteiger partial charge in [-0.2, -0.15) is 0 Å². The average Bonchev–Trinajstić information content (AvgIpc) is 3.17. The van der Waals surface area contributed by atoms with Crippen LogP contribution in [-0.2, 0) is 0 Å². The number of nitrogens with one attached hydrogen (secondary N) is 2. The average molecular weight is 615 g/mol. The first-order chi connectivity index (χ1) is 23.8. The molecule has 0 radical (unpaired) electrons. The fraction of sp³-hybridized carbons (Fsp3) is 0.0435. The van der Waals surface area contributed by atoms with Gasteiger partial charge in [0.15, 0.2) is 0 Å². The summed E-state index contributed by atoms with van der Waals surface area (Å²) in [6, 6.07) is 63.6. The Bertz CT molecular complexity index is 2440. The van der Waals surface area contributed by atoms with Gasteiger partial charge in [-0.05, 0) is 77.3 Å². The molecule has 48 heavy (non-hydrogen) atoms. The molecule has 0 aliphatic carbocycles. The van der Waals surface area contributed by atoms with Crippen molar-refractivity contribution in [1.29, 1.82) is 0 Å². The van der Waals surface area contributed by atoms with Crippen LogP contribution in [-0.4, -0.2) is 0 Å². The Kier molecular flexibility index (Phi) is 7.07. The van der Waals surface area contributed by atoms with Gasteiger partial charge >= 0.3 is 0 Å². The molecular formula is C46H34N2. The molecule has 2 heteroatoms. The van der Waals surface area contributed by atoms with E-state index in [1.165, 1.54) is 71.3 Å². The summed E-state index contributed by atoms with van der Waals surface area (Å²) in [7, 11) is 0. The van der Waals surface area contributed by atoms with E-state index in [4.69, 9.17) is 0 Å². The summed E-state index contributed by atoms with van der Waals surface area (Å²) in [5.74, 6) is 0. The molecule has 0 spiro atoms. The van der Waals surface area contributed by atoms with Crippen molar-refractivity contribution in [3.63, 3.8) is 0 Å². The molecule has 0 saturated heterocycles. The second-order valence-electron chi connectivity index (χ2n) is 12.6. The van der Waals surface area contributed by atoms with Gasteiger partial charge in [0.1, 0.15) is 6.17 Å². The molecule has 2 atom stereocenters. The summed E-state index contributed by atoms with van der Waals surface area (Å²) in [5.41, 5.74) is 9.72. The summed E-state index contributed by atoms with van der Waals surface area (Å²) in [5, 5.41) is 15.4. The Labute approximate surface area is 281 Å². The van der Waals surface area contributed by atoms with Gasteiger partial charge in [0.05, 0.1) is 6.04 Å². The number of benzene rings is 8. The maximum absolute atomic E-state index is 3.94. The van der Waals surface area contributed by atoms with E-state index < -0.39 is 0 Å². The van der Waals surface area contributed by atoms with Crippen molar-refractivity contribution in [3.8, 4) is 22.3 Å². The highest BCUT2D eigenvalue weighted by atomic mass is 15.2. The van der Waals surface area contributed by atoms with Crippen LogP contribution in [0.5, 0.6) is 0 Å². The molecule has 1 aliphatic rings. The Hall–Kier alpha value is -5.96. The van der Waals surface area contributed by atoms with E-state index in [1.54, 1.807) is 0 Å². The zero-order chi connectivity index (χ0) is 31.9. The van der Waals surface area contributed by atoms with E-state index in [9.17, 15) is 0 Å². The highest BCUT2D eigenvalue weighted by molar-refractivity contribution is 5.97. The van der Waals surface area contributed by atoms with Gasteiger partial charge < -0.3 is 5.32 Å². The fourth-order valence-corrected chi connectivity index (χ4v) is 7.33. The Morgan fingerprint density at radius 1 is 0.375 bits per heavy atom. The van der Waals surface area contributed by atoms with Gasteiger partial charge in [0.25, 0.3) is 0 Å². The van der Waals surface area contributed by atoms with E-state index in [-0.39, 0.29) is 12.2 Å². The monoisotopic (exact) mass is 614 g/mol. The van der Waals surface area contributed by atoms with Crippen LogP contribution in [0.15, 0.2) is 182 Å². The highest BCUT2D eigenvalue weighted by Gasteiger charge is 2.25. The maximum atomic E-state index is 3.94. The van der Waals surface area contributed by atoms with Gasteiger partial charge in [-0.1, -0.05) is 176 Å². The van der Waals surface area contributed by atoms with E-state index >= 15 is 0 Å². The molecule has 0 amide bonds. The van der Waals surface area contributed by atoms with E-state index in [0.717, 1.165) is 5.70 Å². The highest BCUT2D eigenvalue weighted by Crippen LogP contribution is 2.36. The predicted octanol–water partition coefficient (Wildman–Crippen LogP) is 11.5. The van der Waals surface area contributed by atoms with Gasteiger partial charge in [0, 0.05) is 5.70 Å². The predicted molar refractivity (Wildman–Crippen MR) is 202 cm³/mol. The summed E-state index contributed by atoms with van der Waals surface area (Å²) >= 11 is 0. The normalized spacial score (nSPS) is 16.1. The van der Waals surface area contributed by atoms with Crippen LogP contribution < -0.4 is 10.6 Å². The Morgan fingerprint density at radius 2 is 0.833 bits per heavy atom. The lowest BCUT2D eigenvalue weighted by atomic mass is 9.93. The first kappa shape index (κ1) is 28.3. The zero-order valence-corrected chi connectivity index (χ0v) is 26.5. The van der Waals surface area contributed by atoms with Gasteiger partial charge in [0.2, 0.25) is 0 Å². The van der Waals surface area contributed by atoms with E-state index in [0.29, 0.717) is 0 Å². The van der Waals surface area contributed by atoms with Crippen molar-refractivity contribution < 1.29 is 0 Å². The molecule has 228 valence electrons. The minimum Gasteiger partial charge on any atom is -0.366 e. The van der Waals surface area contributed by atoms with Crippen LogP contribution in [0.4, 0.5) is 0 Å². The maximum Gasteiger partial charge on any atom is 0.105 e. The molecule has 2 nitrogen and oxygen atoms in total. The van der Waals surface area contributed by atoms with Crippen LogP contribution in [0, 0.1) is 0 Å². The van der Waals surface area contributed by atoms with Crippen molar-refractivity contribution in [3.05, 3.63) is 199 Å². The standard InChI is InChI=1S/C46H34N2/c1-4-16-38-31(10-1)13-7-19-40(38)34-22-26-36(27-23-34)44-30-45(48-46(47-44)43-21-9-15-33-12-3-6-18-42(33)43)37-28-24-35(25-29-37)41-20-8-14-32-11-2-5-17-39(32)41/h1-30,44,46-48H. The van der Waals surface area contributed by atoms with Gasteiger partial charge in [-0.25, -0.2) is 0 Å². The first-order valence-electron chi connectivity index (χ1n) is 16.7. The molecule has 9 rings (SSSR count). The summed E-state index contributed by atoms with van der Waals surface area (Å²) in [6.07, 6.45) is 2.26. The number of hydrogen-bond acceptors (Lipinski definition) is 2. The van der Waals surface area contributed by atoms with Crippen LogP contribution in [0.25, 0.3) is 60.3 Å². The molecule has 8 aromatic carbocycles. The van der Waals surface area contributed by atoms with Crippen molar-refractivity contribution >= 4 is 38.0 Å². The summed E-state index contributed by atoms with van der Waals surface area (Å²) in [4.78, 5) is 0. The Balaban J connectivity index is 1.10. The third kappa shape index (κ3) is 5.13. The summed E-state index contributed by atoms with van der Waals surface area (Å²) in [6.45, 7) is 0. The van der Waals surface area contributed by atoms with Crippen molar-refractivity contribution in [1.82, 2.24) is 10.6 Å². The van der Waals surface area contributed by atoms with Crippen LogP contribution in [0.3, 0.4) is 0 Å². The first-order valence-corrected chi connectivity index (χ1v) is 16.7. The lowest BCUT2D eigenvalue weighted by Gasteiger charge is -2.34. The van der Waals surface area contributed by atoms with Crippen LogP contribution >= 0.6 is 0 Å². The largest absolute Gasteiger partial charge is 0.366 e. The van der Waals surface area contributed by atoms with Crippen LogP contribution in [0.2, 0.25) is 0 Å². The zero-order valence-electron chi connectivity index (χ0n) is 26.5.